The summed E-state index contributed by atoms with van der Waals surface area (Å²) in [4.78, 5) is 2.07. The highest BCUT2D eigenvalue weighted by atomic mass is 32.2. The molecule has 2 atom stereocenters. The molecule has 0 bridgehead atoms. The lowest BCUT2D eigenvalue weighted by molar-refractivity contribution is 0.251. The van der Waals surface area contributed by atoms with Crippen molar-refractivity contribution in [1.82, 2.24) is 4.90 Å². The van der Waals surface area contributed by atoms with Gasteiger partial charge in [0.05, 0.1) is 0 Å². The minimum Gasteiger partial charge on any atom is -0.327 e. The van der Waals surface area contributed by atoms with E-state index in [0.717, 1.165) is 24.5 Å². The van der Waals surface area contributed by atoms with E-state index < -0.39 is 9.84 Å². The molecule has 1 fully saturated rings. The van der Waals surface area contributed by atoms with Crippen molar-refractivity contribution in [1.29, 1.82) is 0 Å². The van der Waals surface area contributed by atoms with Crippen molar-refractivity contribution in [2.75, 3.05) is 42.4 Å². The molecule has 0 aromatic rings. The number of nitrogens with zero attached hydrogens (tertiary/aromatic N) is 1. The quantitative estimate of drug-likeness (QED) is 0.753. The number of thioether (sulfide) groups is 2. The van der Waals surface area contributed by atoms with Crippen LogP contribution in [0, 0.1) is 0 Å². The van der Waals surface area contributed by atoms with Crippen LogP contribution >= 0.6 is 23.5 Å². The SMILES string of the molecule is CCS(=O)(=O)C1CSCCN1C[C@@H](N)CCSC. The number of hydrogen-bond donors (Lipinski definition) is 1. The third-order valence-electron chi connectivity index (χ3n) is 3.17. The lowest BCUT2D eigenvalue weighted by Gasteiger charge is -2.36. The van der Waals surface area contributed by atoms with Gasteiger partial charge in [0.2, 0.25) is 0 Å². The summed E-state index contributed by atoms with van der Waals surface area (Å²) in [6.45, 7) is 3.26. The zero-order valence-electron chi connectivity index (χ0n) is 11.2. The predicted octanol–water partition coefficient (Wildman–Crippen LogP) is 0.876. The Balaban J connectivity index is 2.60. The fraction of sp³-hybridized carbons (Fsp3) is 1.00. The van der Waals surface area contributed by atoms with Gasteiger partial charge in [-0.1, -0.05) is 6.92 Å². The van der Waals surface area contributed by atoms with Crippen molar-refractivity contribution in [3.63, 3.8) is 0 Å². The fourth-order valence-corrected chi connectivity index (χ4v) is 5.64. The largest absolute Gasteiger partial charge is 0.327 e. The highest BCUT2D eigenvalue weighted by Crippen LogP contribution is 2.21. The molecule has 4 nitrogen and oxygen atoms in total. The van der Waals surface area contributed by atoms with Gasteiger partial charge in [0.1, 0.15) is 5.37 Å². The molecule has 0 aliphatic carbocycles. The second-order valence-electron chi connectivity index (χ2n) is 4.52. The minimum atomic E-state index is -2.99. The molecule has 1 heterocycles. The van der Waals surface area contributed by atoms with Gasteiger partial charge in [0.15, 0.2) is 9.84 Å². The number of nitrogens with two attached hydrogens (primary N) is 1. The Morgan fingerprint density at radius 1 is 1.56 bits per heavy atom. The zero-order chi connectivity index (χ0) is 13.6. The van der Waals surface area contributed by atoms with Crippen LogP contribution in [0.4, 0.5) is 0 Å². The molecule has 1 aliphatic rings. The first-order chi connectivity index (χ1) is 8.51. The van der Waals surface area contributed by atoms with Gasteiger partial charge >= 0.3 is 0 Å². The van der Waals surface area contributed by atoms with Crippen LogP contribution < -0.4 is 5.73 Å². The third-order valence-corrected chi connectivity index (χ3v) is 7.15. The molecule has 0 aromatic heterocycles. The Morgan fingerprint density at radius 2 is 2.28 bits per heavy atom. The summed E-state index contributed by atoms with van der Waals surface area (Å²) in [7, 11) is -2.99. The fourth-order valence-electron chi connectivity index (χ4n) is 2.01. The maximum absolute atomic E-state index is 12.1. The van der Waals surface area contributed by atoms with Crippen LogP contribution in [0.15, 0.2) is 0 Å². The summed E-state index contributed by atoms with van der Waals surface area (Å²) in [6, 6.07) is 0.0788. The molecular formula is C11H24N2O2S3. The number of hydrogen-bond acceptors (Lipinski definition) is 6. The highest BCUT2D eigenvalue weighted by molar-refractivity contribution is 8.01. The van der Waals surface area contributed by atoms with Gasteiger partial charge in [0.25, 0.3) is 0 Å². The first-order valence-electron chi connectivity index (χ1n) is 6.29. The highest BCUT2D eigenvalue weighted by Gasteiger charge is 2.33. The molecule has 18 heavy (non-hydrogen) atoms. The Hall–Kier alpha value is 0.570. The van der Waals surface area contributed by atoms with Crippen LogP contribution in [0.2, 0.25) is 0 Å². The van der Waals surface area contributed by atoms with E-state index in [1.165, 1.54) is 0 Å². The van der Waals surface area contributed by atoms with E-state index in [9.17, 15) is 8.42 Å². The predicted molar refractivity (Wildman–Crippen MR) is 83.1 cm³/mol. The lowest BCUT2D eigenvalue weighted by Crippen LogP contribution is -2.51. The van der Waals surface area contributed by atoms with E-state index in [1.54, 1.807) is 30.4 Å². The first-order valence-corrected chi connectivity index (χ1v) is 10.6. The summed E-state index contributed by atoms with van der Waals surface area (Å²) in [5.74, 6) is 2.94. The minimum absolute atomic E-state index is 0.0788. The molecule has 1 aliphatic heterocycles. The molecule has 0 radical (unpaired) electrons. The van der Waals surface area contributed by atoms with Crippen molar-refractivity contribution < 1.29 is 8.42 Å². The lowest BCUT2D eigenvalue weighted by atomic mass is 10.2. The molecule has 7 heteroatoms. The van der Waals surface area contributed by atoms with Crippen LogP contribution in [0.3, 0.4) is 0 Å². The van der Waals surface area contributed by atoms with E-state index in [2.05, 4.69) is 11.2 Å². The number of rotatable bonds is 7. The van der Waals surface area contributed by atoms with Crippen LogP contribution in [0.1, 0.15) is 13.3 Å². The molecule has 1 rings (SSSR count). The summed E-state index contributed by atoms with van der Waals surface area (Å²) >= 11 is 3.51. The van der Waals surface area contributed by atoms with Crippen molar-refractivity contribution >= 4 is 33.4 Å². The summed E-state index contributed by atoms with van der Waals surface area (Å²) in [5, 5.41) is -0.332. The maximum Gasteiger partial charge on any atom is 0.166 e. The van der Waals surface area contributed by atoms with Gasteiger partial charge in [-0.3, -0.25) is 4.90 Å². The van der Waals surface area contributed by atoms with Gasteiger partial charge < -0.3 is 5.73 Å². The molecule has 0 spiro atoms. The summed E-state index contributed by atoms with van der Waals surface area (Å²) in [6.07, 6.45) is 3.01. The molecule has 0 aromatic carbocycles. The maximum atomic E-state index is 12.1. The molecular weight excluding hydrogens is 288 g/mol. The van der Waals surface area contributed by atoms with Gasteiger partial charge in [-0.15, -0.1) is 0 Å². The standard InChI is InChI=1S/C11H24N2O2S3/c1-3-18(14,15)11-9-17-7-5-13(11)8-10(12)4-6-16-2/h10-11H,3-9,12H2,1-2H3/t10-,11?/m0/s1. The van der Waals surface area contributed by atoms with E-state index in [1.807, 2.05) is 0 Å². The molecule has 0 saturated carbocycles. The molecule has 1 unspecified atom stereocenters. The Labute approximate surface area is 119 Å². The van der Waals surface area contributed by atoms with Crippen LogP contribution in [-0.4, -0.2) is 67.1 Å². The molecule has 1 saturated heterocycles. The normalized spacial score (nSPS) is 24.1. The number of sulfone groups is 1. The summed E-state index contributed by atoms with van der Waals surface area (Å²) in [5.41, 5.74) is 6.08. The van der Waals surface area contributed by atoms with Crippen molar-refractivity contribution in [3.05, 3.63) is 0 Å². The second-order valence-corrected chi connectivity index (χ2v) is 9.10. The Bertz CT molecular complexity index is 335. The van der Waals surface area contributed by atoms with E-state index >= 15 is 0 Å². The van der Waals surface area contributed by atoms with Crippen LogP contribution in [0.25, 0.3) is 0 Å². The zero-order valence-corrected chi connectivity index (χ0v) is 13.6. The molecule has 2 N–H and O–H groups in total. The van der Waals surface area contributed by atoms with Gasteiger partial charge in [-0.2, -0.15) is 23.5 Å². The third kappa shape index (κ3) is 4.92. The Kier molecular flexibility index (Phi) is 7.38. The molecule has 108 valence electrons. The van der Waals surface area contributed by atoms with Crippen LogP contribution in [0.5, 0.6) is 0 Å². The van der Waals surface area contributed by atoms with Crippen molar-refractivity contribution in [3.8, 4) is 0 Å². The second kappa shape index (κ2) is 7.99. The van der Waals surface area contributed by atoms with E-state index in [-0.39, 0.29) is 17.2 Å². The van der Waals surface area contributed by atoms with Crippen LogP contribution in [-0.2, 0) is 9.84 Å². The van der Waals surface area contributed by atoms with E-state index in [0.29, 0.717) is 12.3 Å². The molecule has 0 amide bonds. The summed E-state index contributed by atoms with van der Waals surface area (Å²) < 4.78 is 24.1. The topological polar surface area (TPSA) is 63.4 Å². The average Bonchev–Trinajstić information content (AvgIpc) is 2.37. The van der Waals surface area contributed by atoms with Gasteiger partial charge in [-0.25, -0.2) is 8.42 Å². The van der Waals surface area contributed by atoms with Gasteiger partial charge in [0, 0.05) is 36.4 Å². The monoisotopic (exact) mass is 312 g/mol. The van der Waals surface area contributed by atoms with Crippen molar-refractivity contribution in [2.24, 2.45) is 5.73 Å². The first kappa shape index (κ1) is 16.6. The van der Waals surface area contributed by atoms with Crippen molar-refractivity contribution in [2.45, 2.75) is 24.8 Å². The van der Waals surface area contributed by atoms with Gasteiger partial charge in [-0.05, 0) is 18.4 Å². The smallest absolute Gasteiger partial charge is 0.166 e. The average molecular weight is 313 g/mol. The Morgan fingerprint density at radius 3 is 2.89 bits per heavy atom. The van der Waals surface area contributed by atoms with E-state index in [4.69, 9.17) is 5.73 Å².